The van der Waals surface area contributed by atoms with Gasteiger partial charge in [-0.15, -0.1) is 0 Å². The molecular formula is C22H21ClN2O3. The zero-order valence-corrected chi connectivity index (χ0v) is 17.0. The number of nitrogens with zero attached hydrogens (tertiary/aromatic N) is 2. The highest BCUT2D eigenvalue weighted by atomic mass is 35.5. The van der Waals surface area contributed by atoms with Crippen LogP contribution in [0.25, 0.3) is 0 Å². The summed E-state index contributed by atoms with van der Waals surface area (Å²) < 4.78 is 7.07. The van der Waals surface area contributed by atoms with Gasteiger partial charge in [-0.3, -0.25) is 4.79 Å². The number of esters is 1. The van der Waals surface area contributed by atoms with Crippen LogP contribution in [0.15, 0.2) is 42.6 Å². The third kappa shape index (κ3) is 3.58. The van der Waals surface area contributed by atoms with Crippen molar-refractivity contribution >= 4 is 23.4 Å². The van der Waals surface area contributed by atoms with Crippen molar-refractivity contribution in [3.05, 3.63) is 81.0 Å². The van der Waals surface area contributed by atoms with Crippen molar-refractivity contribution in [3.63, 3.8) is 0 Å². The van der Waals surface area contributed by atoms with Gasteiger partial charge in [-0.2, -0.15) is 5.10 Å². The number of halogens is 1. The van der Waals surface area contributed by atoms with Gasteiger partial charge >= 0.3 is 5.97 Å². The lowest BCUT2D eigenvalue weighted by atomic mass is 9.95. The van der Waals surface area contributed by atoms with Crippen LogP contribution in [-0.4, -0.2) is 21.5 Å². The summed E-state index contributed by atoms with van der Waals surface area (Å²) in [5, 5.41) is 4.86. The highest BCUT2D eigenvalue weighted by Crippen LogP contribution is 2.30. The van der Waals surface area contributed by atoms with Crippen LogP contribution in [0.4, 0.5) is 0 Å². The molecule has 1 heterocycles. The van der Waals surface area contributed by atoms with E-state index < -0.39 is 5.97 Å². The van der Waals surface area contributed by atoms with Crippen LogP contribution in [0.3, 0.4) is 0 Å². The Morgan fingerprint density at radius 1 is 1.07 bits per heavy atom. The van der Waals surface area contributed by atoms with E-state index >= 15 is 0 Å². The molecule has 1 aromatic heterocycles. The molecule has 144 valence electrons. The highest BCUT2D eigenvalue weighted by Gasteiger charge is 2.25. The third-order valence-corrected chi connectivity index (χ3v) is 5.36. The molecule has 0 radical (unpaired) electrons. The molecule has 0 aliphatic carbocycles. The molecule has 0 aliphatic heterocycles. The molecule has 0 amide bonds. The number of aryl methyl sites for hydroxylation is 2. The summed E-state index contributed by atoms with van der Waals surface area (Å²) in [7, 11) is 0. The van der Waals surface area contributed by atoms with E-state index in [0.29, 0.717) is 22.7 Å². The molecule has 0 bridgehead atoms. The first-order chi connectivity index (χ1) is 13.3. The maximum absolute atomic E-state index is 13.3. The first-order valence-corrected chi connectivity index (χ1v) is 9.37. The van der Waals surface area contributed by atoms with Crippen molar-refractivity contribution in [1.29, 1.82) is 0 Å². The minimum atomic E-state index is -0.537. The summed E-state index contributed by atoms with van der Waals surface area (Å²) in [4.78, 5) is 25.8. The Hall–Kier alpha value is -2.92. The first kappa shape index (κ1) is 19.8. The summed E-state index contributed by atoms with van der Waals surface area (Å²) in [6.07, 6.45) is 1.44. The number of hydrogen-bond donors (Lipinski definition) is 0. The molecule has 0 spiro atoms. The predicted octanol–water partition coefficient (Wildman–Crippen LogP) is 4.93. The zero-order valence-electron chi connectivity index (χ0n) is 16.2. The van der Waals surface area contributed by atoms with Crippen LogP contribution in [0.1, 0.15) is 49.9 Å². The van der Waals surface area contributed by atoms with E-state index in [9.17, 15) is 9.59 Å². The van der Waals surface area contributed by atoms with Crippen LogP contribution in [0.5, 0.6) is 5.88 Å². The fourth-order valence-electron chi connectivity index (χ4n) is 3.02. The van der Waals surface area contributed by atoms with E-state index in [1.807, 2.05) is 33.8 Å². The van der Waals surface area contributed by atoms with Gasteiger partial charge in [0.2, 0.25) is 5.88 Å². The molecule has 0 atom stereocenters. The van der Waals surface area contributed by atoms with Crippen molar-refractivity contribution in [2.45, 2.75) is 34.2 Å². The number of rotatable bonds is 5. The molecular weight excluding hydrogens is 376 g/mol. The van der Waals surface area contributed by atoms with Gasteiger partial charge in [-0.05, 0) is 62.6 Å². The van der Waals surface area contributed by atoms with Gasteiger partial charge in [-0.1, -0.05) is 29.8 Å². The van der Waals surface area contributed by atoms with Gasteiger partial charge in [0.1, 0.15) is 5.56 Å². The Kier molecular flexibility index (Phi) is 5.66. The summed E-state index contributed by atoms with van der Waals surface area (Å²) in [6.45, 7) is 7.92. The normalized spacial score (nSPS) is 10.8. The maximum Gasteiger partial charge on any atom is 0.344 e. The van der Waals surface area contributed by atoms with Gasteiger partial charge in [0.05, 0.1) is 11.8 Å². The Bertz CT molecular complexity index is 1060. The number of aromatic nitrogens is 2. The third-order valence-electron chi connectivity index (χ3n) is 4.78. The second-order valence-corrected chi connectivity index (χ2v) is 6.95. The number of ketones is 1. The maximum atomic E-state index is 13.3. The van der Waals surface area contributed by atoms with E-state index in [0.717, 1.165) is 16.7 Å². The van der Waals surface area contributed by atoms with Crippen molar-refractivity contribution in [2.75, 3.05) is 0 Å². The Labute approximate surface area is 168 Å². The minimum absolute atomic E-state index is 0.144. The van der Waals surface area contributed by atoms with Crippen molar-refractivity contribution in [3.8, 4) is 5.88 Å². The van der Waals surface area contributed by atoms with Crippen LogP contribution >= 0.6 is 11.6 Å². The quantitative estimate of drug-likeness (QED) is 0.453. The zero-order chi connectivity index (χ0) is 20.4. The molecule has 0 fully saturated rings. The summed E-state index contributed by atoms with van der Waals surface area (Å²) in [5.74, 6) is -0.646. The second-order valence-electron chi connectivity index (χ2n) is 6.57. The van der Waals surface area contributed by atoms with Gasteiger partial charge < -0.3 is 4.74 Å². The minimum Gasteiger partial charge on any atom is -0.403 e. The Morgan fingerprint density at radius 2 is 1.75 bits per heavy atom. The highest BCUT2D eigenvalue weighted by molar-refractivity contribution is 6.32. The van der Waals surface area contributed by atoms with E-state index in [2.05, 4.69) is 5.10 Å². The molecule has 0 unspecified atom stereocenters. The lowest BCUT2D eigenvalue weighted by molar-refractivity contribution is 0.0716. The average molecular weight is 397 g/mol. The summed E-state index contributed by atoms with van der Waals surface area (Å²) in [6, 6.07) is 10.4. The van der Waals surface area contributed by atoms with Gasteiger partial charge in [-0.25, -0.2) is 9.48 Å². The Balaban J connectivity index is 2.03. The second kappa shape index (κ2) is 7.98. The van der Waals surface area contributed by atoms with Gasteiger partial charge in [0, 0.05) is 17.1 Å². The molecule has 28 heavy (non-hydrogen) atoms. The van der Waals surface area contributed by atoms with Crippen LogP contribution in [0.2, 0.25) is 5.02 Å². The van der Waals surface area contributed by atoms with Gasteiger partial charge in [0.15, 0.2) is 5.78 Å². The van der Waals surface area contributed by atoms with E-state index in [-0.39, 0.29) is 17.2 Å². The Morgan fingerprint density at radius 3 is 2.39 bits per heavy atom. The number of carbonyl (C=O) groups excluding carboxylic acids is 2. The standard InChI is InChI=1S/C22H21ClN2O3/c1-5-25-21(28-22(27)16-9-7-6-8-10-16)18(12-24-25)20(26)17-11-13(2)19(23)15(4)14(17)3/h6-12H,5H2,1-4H3. The largest absolute Gasteiger partial charge is 0.403 e. The molecule has 6 heteroatoms. The number of hydrogen-bond acceptors (Lipinski definition) is 4. The number of carbonyl (C=O) groups is 2. The fourth-order valence-corrected chi connectivity index (χ4v) is 3.21. The van der Waals surface area contributed by atoms with Crippen molar-refractivity contribution in [1.82, 2.24) is 9.78 Å². The fraction of sp³-hybridized carbons (Fsp3) is 0.227. The molecule has 0 saturated heterocycles. The first-order valence-electron chi connectivity index (χ1n) is 8.99. The van der Waals surface area contributed by atoms with Crippen molar-refractivity contribution < 1.29 is 14.3 Å². The monoisotopic (exact) mass is 396 g/mol. The molecule has 3 rings (SSSR count). The van der Waals surface area contributed by atoms with E-state index in [1.165, 1.54) is 10.9 Å². The summed E-state index contributed by atoms with van der Waals surface area (Å²) in [5.41, 5.74) is 3.64. The van der Waals surface area contributed by atoms with Crippen LogP contribution < -0.4 is 4.74 Å². The molecule has 0 saturated carbocycles. The topological polar surface area (TPSA) is 61.2 Å². The number of benzene rings is 2. The number of ether oxygens (including phenoxy) is 1. The van der Waals surface area contributed by atoms with Crippen LogP contribution in [-0.2, 0) is 6.54 Å². The van der Waals surface area contributed by atoms with E-state index in [1.54, 1.807) is 30.3 Å². The predicted molar refractivity (Wildman–Crippen MR) is 108 cm³/mol. The molecule has 3 aromatic rings. The smallest absolute Gasteiger partial charge is 0.344 e. The molecule has 0 N–H and O–H groups in total. The van der Waals surface area contributed by atoms with Crippen LogP contribution in [0, 0.1) is 20.8 Å². The lowest BCUT2D eigenvalue weighted by Gasteiger charge is -2.13. The molecule has 5 nitrogen and oxygen atoms in total. The average Bonchev–Trinajstić information content (AvgIpc) is 3.11. The van der Waals surface area contributed by atoms with E-state index in [4.69, 9.17) is 16.3 Å². The molecule has 0 aliphatic rings. The summed E-state index contributed by atoms with van der Waals surface area (Å²) >= 11 is 6.30. The SMILES string of the molecule is CCn1ncc(C(=O)c2cc(C)c(Cl)c(C)c2C)c1OC(=O)c1ccccc1. The van der Waals surface area contributed by atoms with Gasteiger partial charge in [0.25, 0.3) is 0 Å². The molecule has 2 aromatic carbocycles. The lowest BCUT2D eigenvalue weighted by Crippen LogP contribution is -2.15. The van der Waals surface area contributed by atoms with Crippen molar-refractivity contribution in [2.24, 2.45) is 0 Å².